The summed E-state index contributed by atoms with van der Waals surface area (Å²) in [6.07, 6.45) is 2.44. The van der Waals surface area contributed by atoms with Gasteiger partial charge >= 0.3 is 15.7 Å². The number of hydrogen-bond donors (Lipinski definition) is 0. The second-order valence-corrected chi connectivity index (χ2v) is 5.57. The zero-order valence-electron chi connectivity index (χ0n) is 10.9. The van der Waals surface area contributed by atoms with Gasteiger partial charge in [0.15, 0.2) is 0 Å². The van der Waals surface area contributed by atoms with Gasteiger partial charge in [0.05, 0.1) is 0 Å². The van der Waals surface area contributed by atoms with Crippen molar-refractivity contribution in [2.75, 3.05) is 0 Å². The van der Waals surface area contributed by atoms with Crippen LogP contribution in [0.2, 0.25) is 0 Å². The molecule has 0 amide bonds. The lowest BCUT2D eigenvalue weighted by molar-refractivity contribution is 0.262. The average molecular weight is 306 g/mol. The van der Waals surface area contributed by atoms with Crippen LogP contribution in [-0.2, 0) is 10.1 Å². The zero-order valence-corrected chi connectivity index (χ0v) is 11.7. The van der Waals surface area contributed by atoms with Crippen molar-refractivity contribution in [2.45, 2.75) is 11.8 Å². The molecule has 0 bridgehead atoms. The van der Waals surface area contributed by atoms with E-state index in [1.54, 1.807) is 12.1 Å². The minimum Gasteiger partial charge on any atom is -0.382 e. The topological polar surface area (TPSA) is 98.4 Å². The zero-order chi connectivity index (χ0) is 15.5. The maximum Gasteiger partial charge on any atom is 0.357 e. The van der Waals surface area contributed by atoms with Crippen molar-refractivity contribution >= 4 is 10.1 Å². The van der Waals surface area contributed by atoms with Gasteiger partial charge in [0.1, 0.15) is 4.90 Å². The Morgan fingerprint density at radius 2 is 1.86 bits per heavy atom. The Labute approximate surface area is 120 Å². The molecule has 1 aromatic heterocycles. The maximum atomic E-state index is 12.0. The predicted molar refractivity (Wildman–Crippen MR) is 71.9 cm³/mol. The van der Waals surface area contributed by atoms with Crippen LogP contribution in [-0.4, -0.2) is 13.1 Å². The molecule has 7 nitrogen and oxygen atoms in total. The molecule has 0 aliphatic rings. The van der Waals surface area contributed by atoms with Gasteiger partial charge in [0.2, 0.25) is 5.75 Å². The van der Waals surface area contributed by atoms with Gasteiger partial charge in [-0.3, -0.25) is 9.08 Å². The fraction of sp³-hybridized carbons (Fsp3) is 0.0769. The van der Waals surface area contributed by atoms with E-state index in [1.165, 1.54) is 30.5 Å². The van der Waals surface area contributed by atoms with E-state index in [4.69, 9.17) is 9.55 Å². The number of benzene rings is 1. The molecule has 2 aromatic rings. The van der Waals surface area contributed by atoms with Crippen LogP contribution in [0.15, 0.2) is 52.3 Å². The quantitative estimate of drug-likeness (QED) is 0.776. The SMILES string of the molecule is Cc1ccc(S(=O)(=O)On2cccc(OC#N)c2=O)cc1. The smallest absolute Gasteiger partial charge is 0.357 e. The lowest BCUT2D eigenvalue weighted by Gasteiger charge is -2.08. The van der Waals surface area contributed by atoms with Crippen LogP contribution in [0.4, 0.5) is 0 Å². The van der Waals surface area contributed by atoms with Crippen molar-refractivity contribution in [1.29, 1.82) is 5.26 Å². The van der Waals surface area contributed by atoms with E-state index in [2.05, 4.69) is 4.74 Å². The summed E-state index contributed by atoms with van der Waals surface area (Å²) in [4.78, 5) is 11.7. The van der Waals surface area contributed by atoms with E-state index in [-0.39, 0.29) is 10.6 Å². The molecular formula is C13H10N2O5S. The third kappa shape index (κ3) is 3.21. The van der Waals surface area contributed by atoms with Crippen LogP contribution in [0, 0.1) is 18.4 Å². The highest BCUT2D eigenvalue weighted by atomic mass is 32.2. The predicted octanol–water partition coefficient (Wildman–Crippen LogP) is 0.834. The van der Waals surface area contributed by atoms with E-state index >= 15 is 0 Å². The van der Waals surface area contributed by atoms with E-state index < -0.39 is 15.7 Å². The maximum absolute atomic E-state index is 12.0. The fourth-order valence-electron chi connectivity index (χ4n) is 1.50. The first kappa shape index (κ1) is 14.6. The average Bonchev–Trinajstić information content (AvgIpc) is 2.44. The molecular weight excluding hydrogens is 296 g/mol. The molecule has 8 heteroatoms. The van der Waals surface area contributed by atoms with Crippen LogP contribution in [0.3, 0.4) is 0 Å². The first-order valence-corrected chi connectivity index (χ1v) is 7.14. The highest BCUT2D eigenvalue weighted by Gasteiger charge is 2.18. The number of ether oxygens (including phenoxy) is 1. The largest absolute Gasteiger partial charge is 0.382 e. The van der Waals surface area contributed by atoms with Crippen molar-refractivity contribution in [2.24, 2.45) is 0 Å². The van der Waals surface area contributed by atoms with Gasteiger partial charge < -0.3 is 4.74 Å². The highest BCUT2D eigenvalue weighted by Crippen LogP contribution is 2.11. The Morgan fingerprint density at radius 1 is 1.19 bits per heavy atom. The molecule has 0 radical (unpaired) electrons. The molecule has 1 heterocycles. The summed E-state index contributed by atoms with van der Waals surface area (Å²) in [6.45, 7) is 1.81. The summed E-state index contributed by atoms with van der Waals surface area (Å²) in [5.74, 6) is -0.334. The molecule has 0 saturated heterocycles. The van der Waals surface area contributed by atoms with Crippen LogP contribution >= 0.6 is 0 Å². The number of aromatic nitrogens is 1. The third-order valence-electron chi connectivity index (χ3n) is 2.52. The molecule has 0 unspecified atom stereocenters. The lowest BCUT2D eigenvalue weighted by atomic mass is 10.2. The molecule has 0 saturated carbocycles. The summed E-state index contributed by atoms with van der Waals surface area (Å²) in [7, 11) is -4.16. The van der Waals surface area contributed by atoms with Crippen molar-refractivity contribution in [3.8, 4) is 12.0 Å². The van der Waals surface area contributed by atoms with Crippen LogP contribution in [0.1, 0.15) is 5.56 Å². The van der Waals surface area contributed by atoms with Gasteiger partial charge in [-0.25, -0.2) is 0 Å². The minimum absolute atomic E-state index is 0.0911. The second kappa shape index (κ2) is 5.68. The number of nitriles is 1. The summed E-state index contributed by atoms with van der Waals surface area (Å²) in [6, 6.07) is 8.49. The number of rotatable bonds is 4. The number of pyridine rings is 1. The Kier molecular flexibility index (Phi) is 3.95. The lowest BCUT2D eigenvalue weighted by Crippen LogP contribution is -2.30. The molecule has 2 rings (SSSR count). The van der Waals surface area contributed by atoms with Gasteiger partial charge in [-0.2, -0.15) is 8.42 Å². The normalized spacial score (nSPS) is 10.7. The molecule has 0 fully saturated rings. The Bertz CT molecular complexity index is 847. The van der Waals surface area contributed by atoms with Crippen molar-refractivity contribution in [3.63, 3.8) is 0 Å². The summed E-state index contributed by atoms with van der Waals surface area (Å²) in [5.41, 5.74) is -0.00901. The Hall–Kier alpha value is -2.79. The van der Waals surface area contributed by atoms with Crippen molar-refractivity contribution in [3.05, 3.63) is 58.5 Å². The Balaban J connectivity index is 2.38. The first-order valence-electron chi connectivity index (χ1n) is 5.73. The Morgan fingerprint density at radius 3 is 2.48 bits per heavy atom. The van der Waals surface area contributed by atoms with Gasteiger partial charge in [0.25, 0.3) is 6.26 Å². The van der Waals surface area contributed by atoms with E-state index in [0.29, 0.717) is 4.73 Å². The number of aryl methyl sites for hydroxylation is 1. The molecule has 0 spiro atoms. The minimum atomic E-state index is -4.16. The van der Waals surface area contributed by atoms with E-state index in [0.717, 1.165) is 11.8 Å². The molecule has 0 N–H and O–H groups in total. The van der Waals surface area contributed by atoms with Gasteiger partial charge in [0, 0.05) is 6.20 Å². The fourth-order valence-corrected chi connectivity index (χ4v) is 2.38. The first-order chi connectivity index (χ1) is 9.94. The van der Waals surface area contributed by atoms with Gasteiger partial charge in [-0.15, -0.1) is 9.99 Å². The standard InChI is InChI=1S/C13H10N2O5S/c1-10-4-6-11(7-5-10)21(17,18)20-15-8-2-3-12(13(15)16)19-9-14/h2-8H,1H3. The summed E-state index contributed by atoms with van der Waals surface area (Å²) >= 11 is 0. The van der Waals surface area contributed by atoms with Crippen LogP contribution in [0.5, 0.6) is 5.75 Å². The molecule has 0 atom stereocenters. The summed E-state index contributed by atoms with van der Waals surface area (Å²) < 4.78 is 33.7. The number of nitrogens with zero attached hydrogens (tertiary/aromatic N) is 2. The molecule has 0 aliphatic heterocycles. The van der Waals surface area contributed by atoms with Gasteiger partial charge in [-0.1, -0.05) is 17.7 Å². The van der Waals surface area contributed by atoms with Gasteiger partial charge in [-0.05, 0) is 31.2 Å². The molecule has 1 aromatic carbocycles. The van der Waals surface area contributed by atoms with Crippen molar-refractivity contribution < 1.29 is 17.4 Å². The van der Waals surface area contributed by atoms with Crippen LogP contribution < -0.4 is 14.6 Å². The van der Waals surface area contributed by atoms with Crippen LogP contribution in [0.25, 0.3) is 0 Å². The molecule has 108 valence electrons. The highest BCUT2D eigenvalue weighted by molar-refractivity contribution is 7.87. The third-order valence-corrected chi connectivity index (χ3v) is 3.73. The van der Waals surface area contributed by atoms with E-state index in [9.17, 15) is 13.2 Å². The number of hydrogen-bond acceptors (Lipinski definition) is 6. The van der Waals surface area contributed by atoms with Crippen molar-refractivity contribution in [1.82, 2.24) is 4.73 Å². The second-order valence-electron chi connectivity index (χ2n) is 4.04. The molecule has 21 heavy (non-hydrogen) atoms. The monoisotopic (exact) mass is 306 g/mol. The molecule has 0 aliphatic carbocycles. The summed E-state index contributed by atoms with van der Waals surface area (Å²) in [5, 5.41) is 8.39. The van der Waals surface area contributed by atoms with E-state index in [1.807, 2.05) is 6.92 Å².